The Bertz CT molecular complexity index is 964. The van der Waals surface area contributed by atoms with Crippen LogP contribution in [0.2, 0.25) is 0 Å². The number of halogens is 1. The Morgan fingerprint density at radius 3 is 2.26 bits per heavy atom. The molecular weight excluding hydrogens is 434 g/mol. The van der Waals surface area contributed by atoms with Crippen LogP contribution in [0.25, 0.3) is 0 Å². The number of para-hydroxylation sites is 1. The van der Waals surface area contributed by atoms with E-state index in [-0.39, 0.29) is 10.5 Å². The summed E-state index contributed by atoms with van der Waals surface area (Å²) >= 11 is 3.27. The van der Waals surface area contributed by atoms with Crippen molar-refractivity contribution < 1.29 is 22.7 Å². The Kier molecular flexibility index (Phi) is 6.43. The Morgan fingerprint density at radius 2 is 1.63 bits per heavy atom. The molecular formula is C19H20BrNO5S. The second-order valence-corrected chi connectivity index (χ2v) is 9.27. The molecule has 0 saturated carbocycles. The van der Waals surface area contributed by atoms with E-state index in [2.05, 4.69) is 20.7 Å². The van der Waals surface area contributed by atoms with Gasteiger partial charge in [-0.25, -0.2) is 8.42 Å². The molecule has 0 amide bonds. The summed E-state index contributed by atoms with van der Waals surface area (Å²) in [7, 11) is -4.04. The molecule has 2 aromatic rings. The van der Waals surface area contributed by atoms with Crippen LogP contribution in [-0.2, 0) is 19.6 Å². The fourth-order valence-electron chi connectivity index (χ4n) is 2.28. The molecule has 8 heteroatoms. The van der Waals surface area contributed by atoms with Crippen LogP contribution in [0, 0.1) is 0 Å². The lowest BCUT2D eigenvalue weighted by atomic mass is 10.1. The van der Waals surface area contributed by atoms with Crippen LogP contribution in [0.5, 0.6) is 0 Å². The number of hydrogen-bond acceptors (Lipinski definition) is 5. The van der Waals surface area contributed by atoms with E-state index in [0.29, 0.717) is 10.2 Å². The summed E-state index contributed by atoms with van der Waals surface area (Å²) in [6.45, 7) is 5.07. The summed E-state index contributed by atoms with van der Waals surface area (Å²) < 4.78 is 33.7. The Labute approximate surface area is 167 Å². The quantitative estimate of drug-likeness (QED) is 0.402. The minimum atomic E-state index is -4.04. The molecule has 0 aliphatic heterocycles. The van der Waals surface area contributed by atoms with Crippen molar-refractivity contribution in [2.75, 3.05) is 4.72 Å². The molecule has 0 saturated heterocycles. The molecule has 2 rings (SSSR count). The Morgan fingerprint density at radius 1 is 1.04 bits per heavy atom. The largest absolute Gasteiger partial charge is 0.460 e. The number of sulfonamides is 1. The topological polar surface area (TPSA) is 89.5 Å². The van der Waals surface area contributed by atoms with Gasteiger partial charge in [-0.2, -0.15) is 0 Å². The fraction of sp³-hybridized carbons (Fsp3) is 0.263. The maximum Gasteiger partial charge on any atom is 0.314 e. The molecule has 0 fully saturated rings. The molecule has 144 valence electrons. The van der Waals surface area contributed by atoms with Crippen molar-refractivity contribution >= 4 is 43.4 Å². The average molecular weight is 454 g/mol. The molecule has 0 heterocycles. The highest BCUT2D eigenvalue weighted by Gasteiger charge is 2.26. The van der Waals surface area contributed by atoms with E-state index < -0.39 is 33.8 Å². The molecule has 0 aliphatic rings. The number of carbonyl (C=O) groups excluding carboxylic acids is 2. The zero-order chi connectivity index (χ0) is 20.2. The Hall–Kier alpha value is -2.19. The summed E-state index contributed by atoms with van der Waals surface area (Å²) in [5.41, 5.74) is -0.459. The first-order valence-electron chi connectivity index (χ1n) is 8.11. The predicted molar refractivity (Wildman–Crippen MR) is 106 cm³/mol. The van der Waals surface area contributed by atoms with Gasteiger partial charge in [0.15, 0.2) is 5.78 Å². The molecule has 0 aliphatic carbocycles. The molecule has 0 spiro atoms. The highest BCUT2D eigenvalue weighted by atomic mass is 79.9. The van der Waals surface area contributed by atoms with Crippen LogP contribution < -0.4 is 4.72 Å². The molecule has 6 nitrogen and oxygen atoms in total. The number of Topliss-reactive ketones (excluding diaryl/α,β-unsaturated/α-hetero) is 1. The van der Waals surface area contributed by atoms with Crippen molar-refractivity contribution in [1.82, 2.24) is 0 Å². The average Bonchev–Trinajstić information content (AvgIpc) is 2.55. The van der Waals surface area contributed by atoms with Crippen molar-refractivity contribution in [2.24, 2.45) is 0 Å². The van der Waals surface area contributed by atoms with Gasteiger partial charge in [0.25, 0.3) is 10.0 Å². The maximum atomic E-state index is 12.8. The normalized spacial score (nSPS) is 11.7. The van der Waals surface area contributed by atoms with Gasteiger partial charge in [-0.1, -0.05) is 30.3 Å². The van der Waals surface area contributed by atoms with E-state index in [1.54, 1.807) is 51.1 Å². The molecule has 0 aromatic heterocycles. The molecule has 0 unspecified atom stereocenters. The number of rotatable bonds is 6. The molecule has 1 N–H and O–H groups in total. The third-order valence-electron chi connectivity index (χ3n) is 3.32. The summed E-state index contributed by atoms with van der Waals surface area (Å²) in [6, 6.07) is 12.5. The summed E-state index contributed by atoms with van der Waals surface area (Å²) in [5, 5.41) is 0. The summed E-state index contributed by atoms with van der Waals surface area (Å²) in [4.78, 5) is 24.3. The van der Waals surface area contributed by atoms with Gasteiger partial charge in [-0.3, -0.25) is 14.3 Å². The van der Waals surface area contributed by atoms with E-state index in [1.165, 1.54) is 18.2 Å². The standard InChI is InChI=1S/C19H20BrNO5S/c1-19(2,3)26-18(23)12-16(22)13-8-4-7-11-17(13)27(24,25)21-15-10-6-5-9-14(15)20/h4-11,21H,12H2,1-3H3. The third-order valence-corrected chi connectivity index (χ3v) is 5.44. The van der Waals surface area contributed by atoms with Crippen LogP contribution in [0.1, 0.15) is 37.6 Å². The second-order valence-electron chi connectivity index (χ2n) is 6.77. The highest BCUT2D eigenvalue weighted by molar-refractivity contribution is 9.10. The first-order valence-corrected chi connectivity index (χ1v) is 10.4. The van der Waals surface area contributed by atoms with Crippen molar-refractivity contribution in [3.05, 3.63) is 58.6 Å². The van der Waals surface area contributed by atoms with Crippen molar-refractivity contribution in [3.8, 4) is 0 Å². The first-order chi connectivity index (χ1) is 12.5. The van der Waals surface area contributed by atoms with Crippen LogP contribution in [0.15, 0.2) is 57.9 Å². The van der Waals surface area contributed by atoms with Crippen LogP contribution in [-0.4, -0.2) is 25.8 Å². The van der Waals surface area contributed by atoms with Crippen LogP contribution >= 0.6 is 15.9 Å². The van der Waals surface area contributed by atoms with Gasteiger partial charge in [0.1, 0.15) is 12.0 Å². The number of ketones is 1. The third kappa shape index (κ3) is 5.90. The zero-order valence-corrected chi connectivity index (χ0v) is 17.6. The van der Waals surface area contributed by atoms with Gasteiger partial charge in [-0.15, -0.1) is 0 Å². The van der Waals surface area contributed by atoms with Gasteiger partial charge in [0, 0.05) is 10.0 Å². The number of carbonyl (C=O) groups is 2. The van der Waals surface area contributed by atoms with Gasteiger partial charge in [0.05, 0.1) is 10.6 Å². The lowest BCUT2D eigenvalue weighted by Gasteiger charge is -2.19. The smallest absolute Gasteiger partial charge is 0.314 e. The number of benzene rings is 2. The monoisotopic (exact) mass is 453 g/mol. The first kappa shape index (κ1) is 21.1. The molecule has 0 radical (unpaired) electrons. The number of esters is 1. The number of hydrogen-bond donors (Lipinski definition) is 1. The summed E-state index contributed by atoms with van der Waals surface area (Å²) in [6.07, 6.45) is -0.543. The van der Waals surface area contributed by atoms with E-state index >= 15 is 0 Å². The van der Waals surface area contributed by atoms with Gasteiger partial charge < -0.3 is 4.74 Å². The van der Waals surface area contributed by atoms with Crippen LogP contribution in [0.4, 0.5) is 5.69 Å². The van der Waals surface area contributed by atoms with Crippen molar-refractivity contribution in [1.29, 1.82) is 0 Å². The highest BCUT2D eigenvalue weighted by Crippen LogP contribution is 2.26. The SMILES string of the molecule is CC(C)(C)OC(=O)CC(=O)c1ccccc1S(=O)(=O)Nc1ccccc1Br. The fourth-order valence-corrected chi connectivity index (χ4v) is 4.10. The second kappa shape index (κ2) is 8.22. The summed E-state index contributed by atoms with van der Waals surface area (Å²) in [5.74, 6) is -1.34. The van der Waals surface area contributed by atoms with Gasteiger partial charge in [0.2, 0.25) is 0 Å². The molecule has 2 aromatic carbocycles. The van der Waals surface area contributed by atoms with Crippen molar-refractivity contribution in [2.45, 2.75) is 37.7 Å². The minimum Gasteiger partial charge on any atom is -0.460 e. The van der Waals surface area contributed by atoms with Gasteiger partial charge in [-0.05, 0) is 54.9 Å². The lowest BCUT2D eigenvalue weighted by Crippen LogP contribution is -2.26. The predicted octanol–water partition coefficient (Wildman–Crippen LogP) is 4.16. The molecule has 27 heavy (non-hydrogen) atoms. The molecule has 0 bridgehead atoms. The lowest BCUT2D eigenvalue weighted by molar-refractivity contribution is -0.153. The van der Waals surface area contributed by atoms with Gasteiger partial charge >= 0.3 is 5.97 Å². The van der Waals surface area contributed by atoms with E-state index in [0.717, 1.165) is 0 Å². The van der Waals surface area contributed by atoms with Crippen LogP contribution in [0.3, 0.4) is 0 Å². The minimum absolute atomic E-state index is 0.0667. The Balaban J connectivity index is 2.30. The van der Waals surface area contributed by atoms with E-state index in [4.69, 9.17) is 4.74 Å². The maximum absolute atomic E-state index is 12.8. The zero-order valence-electron chi connectivity index (χ0n) is 15.2. The van der Waals surface area contributed by atoms with E-state index in [9.17, 15) is 18.0 Å². The number of nitrogens with one attached hydrogen (secondary N) is 1. The number of ether oxygens (including phenoxy) is 1. The molecule has 0 atom stereocenters. The van der Waals surface area contributed by atoms with E-state index in [1.807, 2.05) is 0 Å². The van der Waals surface area contributed by atoms with Crippen molar-refractivity contribution in [3.63, 3.8) is 0 Å². The number of anilines is 1.